The standard InChI is InChI=1S/C13H23NO2/c1-9(2)10-5-3-4-6-13(10)8-14-7-11(13)12(15)16/h9-11,14H,3-8H2,1-2H3,(H,15,16). The molecule has 2 N–H and O–H groups in total. The van der Waals surface area contributed by atoms with Crippen molar-refractivity contribution < 1.29 is 9.90 Å². The summed E-state index contributed by atoms with van der Waals surface area (Å²) in [5, 5.41) is 12.7. The fourth-order valence-electron chi connectivity index (χ4n) is 4.05. The van der Waals surface area contributed by atoms with Crippen LogP contribution in [0.25, 0.3) is 0 Å². The van der Waals surface area contributed by atoms with Crippen LogP contribution >= 0.6 is 0 Å². The van der Waals surface area contributed by atoms with Crippen molar-refractivity contribution in [1.82, 2.24) is 5.32 Å². The van der Waals surface area contributed by atoms with Crippen LogP contribution in [-0.4, -0.2) is 24.2 Å². The smallest absolute Gasteiger partial charge is 0.308 e. The minimum atomic E-state index is -0.599. The highest BCUT2D eigenvalue weighted by Gasteiger charge is 2.53. The first-order valence-corrected chi connectivity index (χ1v) is 6.51. The summed E-state index contributed by atoms with van der Waals surface area (Å²) in [6, 6.07) is 0. The zero-order valence-corrected chi connectivity index (χ0v) is 10.3. The zero-order chi connectivity index (χ0) is 11.8. The van der Waals surface area contributed by atoms with E-state index >= 15 is 0 Å². The van der Waals surface area contributed by atoms with E-state index in [-0.39, 0.29) is 11.3 Å². The van der Waals surface area contributed by atoms with E-state index in [0.29, 0.717) is 18.4 Å². The van der Waals surface area contributed by atoms with E-state index in [9.17, 15) is 9.90 Å². The molecular formula is C13H23NO2. The van der Waals surface area contributed by atoms with Gasteiger partial charge >= 0.3 is 5.97 Å². The highest BCUT2D eigenvalue weighted by molar-refractivity contribution is 5.72. The maximum Gasteiger partial charge on any atom is 0.308 e. The summed E-state index contributed by atoms with van der Waals surface area (Å²) in [5.74, 6) is 0.414. The first-order chi connectivity index (χ1) is 7.58. The Labute approximate surface area is 97.6 Å². The summed E-state index contributed by atoms with van der Waals surface area (Å²) in [7, 11) is 0. The molecule has 3 atom stereocenters. The molecule has 1 spiro atoms. The Bertz CT molecular complexity index is 277. The molecule has 2 rings (SSSR count). The van der Waals surface area contributed by atoms with Gasteiger partial charge in [0.2, 0.25) is 0 Å². The molecule has 0 radical (unpaired) electrons. The number of rotatable bonds is 2. The van der Waals surface area contributed by atoms with Crippen LogP contribution < -0.4 is 5.32 Å². The van der Waals surface area contributed by atoms with Gasteiger partial charge in [-0.15, -0.1) is 0 Å². The van der Waals surface area contributed by atoms with E-state index in [1.165, 1.54) is 19.3 Å². The summed E-state index contributed by atoms with van der Waals surface area (Å²) >= 11 is 0. The molecule has 1 heterocycles. The number of hydrogen-bond donors (Lipinski definition) is 2. The molecule has 16 heavy (non-hydrogen) atoms. The second-order valence-corrected chi connectivity index (χ2v) is 5.85. The van der Waals surface area contributed by atoms with Crippen molar-refractivity contribution in [3.63, 3.8) is 0 Å². The molecule has 1 aliphatic heterocycles. The number of aliphatic carboxylic acids is 1. The van der Waals surface area contributed by atoms with Crippen molar-refractivity contribution in [2.45, 2.75) is 39.5 Å². The molecule has 3 nitrogen and oxygen atoms in total. The van der Waals surface area contributed by atoms with Gasteiger partial charge in [0.25, 0.3) is 0 Å². The van der Waals surface area contributed by atoms with Gasteiger partial charge in [-0.1, -0.05) is 26.7 Å². The van der Waals surface area contributed by atoms with Crippen LogP contribution in [0, 0.1) is 23.2 Å². The van der Waals surface area contributed by atoms with Crippen LogP contribution in [0.3, 0.4) is 0 Å². The molecule has 2 aliphatic rings. The molecule has 0 amide bonds. The zero-order valence-electron chi connectivity index (χ0n) is 10.3. The van der Waals surface area contributed by atoms with Crippen LogP contribution in [-0.2, 0) is 4.79 Å². The first kappa shape index (κ1) is 11.9. The molecule has 0 aromatic carbocycles. The predicted octanol–water partition coefficient (Wildman–Crippen LogP) is 2.12. The normalized spacial score (nSPS) is 39.4. The Morgan fingerprint density at radius 1 is 1.44 bits per heavy atom. The van der Waals surface area contributed by atoms with Gasteiger partial charge in [0.15, 0.2) is 0 Å². The fraction of sp³-hybridized carbons (Fsp3) is 0.923. The van der Waals surface area contributed by atoms with Crippen molar-refractivity contribution >= 4 is 5.97 Å². The average molecular weight is 225 g/mol. The topological polar surface area (TPSA) is 49.3 Å². The monoisotopic (exact) mass is 225 g/mol. The quantitative estimate of drug-likeness (QED) is 0.757. The summed E-state index contributed by atoms with van der Waals surface area (Å²) in [4.78, 5) is 11.4. The second kappa shape index (κ2) is 4.36. The lowest BCUT2D eigenvalue weighted by molar-refractivity contribution is -0.147. The van der Waals surface area contributed by atoms with Crippen molar-refractivity contribution in [1.29, 1.82) is 0 Å². The average Bonchev–Trinajstić information content (AvgIpc) is 2.62. The highest BCUT2D eigenvalue weighted by Crippen LogP contribution is 2.51. The minimum absolute atomic E-state index is 0.0399. The van der Waals surface area contributed by atoms with Gasteiger partial charge in [0, 0.05) is 18.5 Å². The lowest BCUT2D eigenvalue weighted by Crippen LogP contribution is -2.45. The minimum Gasteiger partial charge on any atom is -0.481 e. The number of carboxylic acids is 1. The molecule has 92 valence electrons. The molecule has 3 unspecified atom stereocenters. The van der Waals surface area contributed by atoms with E-state index < -0.39 is 5.97 Å². The summed E-state index contributed by atoms with van der Waals surface area (Å²) < 4.78 is 0. The molecule has 1 saturated carbocycles. The van der Waals surface area contributed by atoms with Gasteiger partial charge in [-0.05, 0) is 24.7 Å². The molecule has 1 aliphatic carbocycles. The second-order valence-electron chi connectivity index (χ2n) is 5.85. The molecule has 0 aromatic rings. The van der Waals surface area contributed by atoms with Gasteiger partial charge in [-0.2, -0.15) is 0 Å². The third-order valence-corrected chi connectivity index (χ3v) is 4.75. The Morgan fingerprint density at radius 3 is 2.81 bits per heavy atom. The van der Waals surface area contributed by atoms with Crippen LogP contribution in [0.5, 0.6) is 0 Å². The molecule has 1 saturated heterocycles. The third-order valence-electron chi connectivity index (χ3n) is 4.75. The maximum atomic E-state index is 11.4. The Morgan fingerprint density at radius 2 is 2.19 bits per heavy atom. The molecule has 3 heteroatoms. The number of carboxylic acid groups (broad SMARTS) is 1. The molecular weight excluding hydrogens is 202 g/mol. The van der Waals surface area contributed by atoms with E-state index in [0.717, 1.165) is 13.0 Å². The lowest BCUT2D eigenvalue weighted by atomic mass is 9.58. The Balaban J connectivity index is 2.28. The summed E-state index contributed by atoms with van der Waals surface area (Å²) in [6.45, 7) is 6.06. The van der Waals surface area contributed by atoms with Crippen LogP contribution in [0.4, 0.5) is 0 Å². The van der Waals surface area contributed by atoms with Crippen LogP contribution in [0.15, 0.2) is 0 Å². The Kier molecular flexibility index (Phi) is 3.24. The number of nitrogens with one attached hydrogen (secondary N) is 1. The van der Waals surface area contributed by atoms with Gasteiger partial charge in [-0.25, -0.2) is 0 Å². The van der Waals surface area contributed by atoms with Gasteiger partial charge in [0.05, 0.1) is 5.92 Å². The summed E-state index contributed by atoms with van der Waals surface area (Å²) in [5.41, 5.74) is 0.0399. The SMILES string of the molecule is CC(C)C1CCCCC12CNCC2C(=O)O. The Hall–Kier alpha value is -0.570. The van der Waals surface area contributed by atoms with Gasteiger partial charge < -0.3 is 10.4 Å². The van der Waals surface area contributed by atoms with E-state index in [4.69, 9.17) is 0 Å². The predicted molar refractivity (Wildman–Crippen MR) is 63.2 cm³/mol. The van der Waals surface area contributed by atoms with Gasteiger partial charge in [-0.3, -0.25) is 4.79 Å². The van der Waals surface area contributed by atoms with E-state index in [1.807, 2.05) is 0 Å². The first-order valence-electron chi connectivity index (χ1n) is 6.51. The van der Waals surface area contributed by atoms with Crippen molar-refractivity contribution in [2.24, 2.45) is 23.2 Å². The van der Waals surface area contributed by atoms with Crippen LogP contribution in [0.2, 0.25) is 0 Å². The van der Waals surface area contributed by atoms with Gasteiger partial charge in [0.1, 0.15) is 0 Å². The highest BCUT2D eigenvalue weighted by atomic mass is 16.4. The van der Waals surface area contributed by atoms with E-state index in [1.54, 1.807) is 0 Å². The molecule has 0 bridgehead atoms. The number of hydrogen-bond acceptors (Lipinski definition) is 2. The molecule has 0 aromatic heterocycles. The lowest BCUT2D eigenvalue weighted by Gasteiger charge is -2.46. The van der Waals surface area contributed by atoms with Crippen LogP contribution in [0.1, 0.15) is 39.5 Å². The fourth-order valence-corrected chi connectivity index (χ4v) is 4.05. The molecule has 2 fully saturated rings. The maximum absolute atomic E-state index is 11.4. The van der Waals surface area contributed by atoms with Crippen molar-refractivity contribution in [2.75, 3.05) is 13.1 Å². The van der Waals surface area contributed by atoms with Crippen molar-refractivity contribution in [3.05, 3.63) is 0 Å². The number of carbonyl (C=O) groups is 1. The van der Waals surface area contributed by atoms with Crippen molar-refractivity contribution in [3.8, 4) is 0 Å². The summed E-state index contributed by atoms with van der Waals surface area (Å²) in [6.07, 6.45) is 4.79. The third kappa shape index (κ3) is 1.75. The van der Waals surface area contributed by atoms with E-state index in [2.05, 4.69) is 19.2 Å². The largest absolute Gasteiger partial charge is 0.481 e.